The van der Waals surface area contributed by atoms with Gasteiger partial charge in [0.05, 0.1) is 11.7 Å². The Hall–Kier alpha value is -1.44. The lowest BCUT2D eigenvalue weighted by Crippen LogP contribution is -2.33. The van der Waals surface area contributed by atoms with Crippen LogP contribution < -0.4 is 15.8 Å². The zero-order chi connectivity index (χ0) is 13.1. The average Bonchev–Trinajstić information content (AvgIpc) is 2.29. The molecule has 17 heavy (non-hydrogen) atoms. The number of nitrogens with one attached hydrogen (secondary N) is 2. The molecular weight excluding hydrogens is 242 g/mol. The molecule has 1 aromatic rings. The second kappa shape index (κ2) is 5.26. The molecule has 94 valence electrons. The van der Waals surface area contributed by atoms with Crippen LogP contribution in [0.25, 0.3) is 0 Å². The third-order valence-electron chi connectivity index (χ3n) is 2.12. The molecule has 7 heteroatoms. The van der Waals surface area contributed by atoms with Crippen molar-refractivity contribution in [1.29, 1.82) is 0 Å². The zero-order valence-corrected chi connectivity index (χ0v) is 10.4. The third-order valence-corrected chi connectivity index (χ3v) is 3.59. The van der Waals surface area contributed by atoms with Crippen molar-refractivity contribution in [2.45, 2.75) is 17.9 Å². The molecule has 0 saturated carbocycles. The first-order valence-electron chi connectivity index (χ1n) is 4.97. The maximum atomic E-state index is 11.7. The number of amides is 1. The van der Waals surface area contributed by atoms with Crippen LogP contribution in [0.4, 0.5) is 5.69 Å². The molecule has 0 radical (unpaired) electrons. The Kier molecular flexibility index (Phi) is 4.22. The van der Waals surface area contributed by atoms with Gasteiger partial charge in [0.2, 0.25) is 15.9 Å². The molecule has 0 heterocycles. The molecule has 1 amide bonds. The molecule has 1 atom stereocenters. The minimum atomic E-state index is -3.61. The van der Waals surface area contributed by atoms with E-state index in [2.05, 4.69) is 10.0 Å². The molecule has 4 N–H and O–H groups in total. The van der Waals surface area contributed by atoms with Crippen molar-refractivity contribution >= 4 is 21.6 Å². The summed E-state index contributed by atoms with van der Waals surface area (Å²) in [5, 5.41) is 2.47. The molecule has 0 unspecified atom stereocenters. The first kappa shape index (κ1) is 13.6. The largest absolute Gasteiger partial charge is 0.324 e. The predicted octanol–water partition coefficient (Wildman–Crippen LogP) is -0.120. The lowest BCUT2D eigenvalue weighted by molar-refractivity contribution is -0.117. The fourth-order valence-electron chi connectivity index (χ4n) is 1.16. The fourth-order valence-corrected chi connectivity index (χ4v) is 2.05. The summed E-state index contributed by atoms with van der Waals surface area (Å²) in [6.07, 6.45) is 0. The van der Waals surface area contributed by atoms with E-state index in [4.69, 9.17) is 5.73 Å². The maximum absolute atomic E-state index is 11.7. The Morgan fingerprint density at radius 1 is 1.35 bits per heavy atom. The van der Waals surface area contributed by atoms with Crippen molar-refractivity contribution < 1.29 is 13.2 Å². The van der Waals surface area contributed by atoms with E-state index in [0.717, 1.165) is 0 Å². The van der Waals surface area contributed by atoms with Gasteiger partial charge in [0.25, 0.3) is 0 Å². The van der Waals surface area contributed by atoms with Gasteiger partial charge in [0.1, 0.15) is 4.90 Å². The molecule has 0 aromatic heterocycles. The molecular formula is C10H15N3O3S. The highest BCUT2D eigenvalue weighted by atomic mass is 32.2. The molecule has 6 nitrogen and oxygen atoms in total. The number of anilines is 1. The van der Waals surface area contributed by atoms with Crippen LogP contribution in [0, 0.1) is 0 Å². The fraction of sp³-hybridized carbons (Fsp3) is 0.300. The van der Waals surface area contributed by atoms with Crippen molar-refractivity contribution in [2.24, 2.45) is 5.73 Å². The number of hydrogen-bond donors (Lipinski definition) is 3. The number of para-hydroxylation sites is 1. The highest BCUT2D eigenvalue weighted by Crippen LogP contribution is 2.20. The van der Waals surface area contributed by atoms with Gasteiger partial charge >= 0.3 is 0 Å². The van der Waals surface area contributed by atoms with E-state index < -0.39 is 22.0 Å². The summed E-state index contributed by atoms with van der Waals surface area (Å²) in [4.78, 5) is 11.4. The van der Waals surface area contributed by atoms with Crippen molar-refractivity contribution in [3.63, 3.8) is 0 Å². The third kappa shape index (κ3) is 3.26. The molecule has 1 rings (SSSR count). The summed E-state index contributed by atoms with van der Waals surface area (Å²) in [5.74, 6) is -0.441. The zero-order valence-electron chi connectivity index (χ0n) is 9.60. The van der Waals surface area contributed by atoms with Crippen LogP contribution in [0.3, 0.4) is 0 Å². The summed E-state index contributed by atoms with van der Waals surface area (Å²) < 4.78 is 25.5. The minimum Gasteiger partial charge on any atom is -0.324 e. The topological polar surface area (TPSA) is 101 Å². The molecule has 0 saturated heterocycles. The molecule has 1 aromatic carbocycles. The molecule has 0 aliphatic heterocycles. The van der Waals surface area contributed by atoms with Gasteiger partial charge in [-0.05, 0) is 26.1 Å². The summed E-state index contributed by atoms with van der Waals surface area (Å²) in [6, 6.07) is 5.41. The normalized spacial score (nSPS) is 13.1. The smallest absolute Gasteiger partial charge is 0.242 e. The predicted molar refractivity (Wildman–Crippen MR) is 65.0 cm³/mol. The lowest BCUT2D eigenvalue weighted by atomic mass is 10.3. The SMILES string of the molecule is CNS(=O)(=O)c1ccccc1NC(=O)[C@H](C)N. The highest BCUT2D eigenvalue weighted by Gasteiger charge is 2.18. The highest BCUT2D eigenvalue weighted by molar-refractivity contribution is 7.89. The number of carbonyl (C=O) groups is 1. The number of rotatable bonds is 4. The van der Waals surface area contributed by atoms with Crippen LogP contribution in [0.2, 0.25) is 0 Å². The van der Waals surface area contributed by atoms with E-state index in [9.17, 15) is 13.2 Å². The summed E-state index contributed by atoms with van der Waals surface area (Å²) >= 11 is 0. The van der Waals surface area contributed by atoms with Crippen LogP contribution in [0.15, 0.2) is 29.2 Å². The standard InChI is InChI=1S/C10H15N3O3S/c1-7(11)10(14)13-8-5-3-4-6-9(8)17(15,16)12-2/h3-7,12H,11H2,1-2H3,(H,13,14)/t7-/m0/s1. The molecule has 0 aliphatic rings. The van der Waals surface area contributed by atoms with Crippen molar-refractivity contribution in [3.8, 4) is 0 Å². The van der Waals surface area contributed by atoms with Gasteiger partial charge in [-0.1, -0.05) is 12.1 Å². The lowest BCUT2D eigenvalue weighted by Gasteiger charge is -2.12. The van der Waals surface area contributed by atoms with Crippen LogP contribution in [0.1, 0.15) is 6.92 Å². The van der Waals surface area contributed by atoms with Crippen LogP contribution in [-0.4, -0.2) is 27.4 Å². The van der Waals surface area contributed by atoms with Crippen LogP contribution >= 0.6 is 0 Å². The van der Waals surface area contributed by atoms with E-state index in [1.807, 2.05) is 0 Å². The van der Waals surface area contributed by atoms with E-state index in [0.29, 0.717) is 0 Å². The quantitative estimate of drug-likeness (QED) is 0.700. The van der Waals surface area contributed by atoms with Crippen molar-refractivity contribution in [1.82, 2.24) is 4.72 Å². The van der Waals surface area contributed by atoms with Gasteiger partial charge in [-0.25, -0.2) is 13.1 Å². The van der Waals surface area contributed by atoms with Gasteiger partial charge in [0, 0.05) is 0 Å². The second-order valence-corrected chi connectivity index (χ2v) is 5.34. The Balaban J connectivity index is 3.14. The number of carbonyl (C=O) groups excluding carboxylic acids is 1. The van der Waals surface area contributed by atoms with Crippen molar-refractivity contribution in [2.75, 3.05) is 12.4 Å². The van der Waals surface area contributed by atoms with E-state index >= 15 is 0 Å². The van der Waals surface area contributed by atoms with Crippen LogP contribution in [-0.2, 0) is 14.8 Å². The average molecular weight is 257 g/mol. The number of nitrogens with two attached hydrogens (primary N) is 1. The summed E-state index contributed by atoms with van der Waals surface area (Å²) in [6.45, 7) is 1.52. The minimum absolute atomic E-state index is 0.0106. The molecule has 0 spiro atoms. The van der Waals surface area contributed by atoms with Gasteiger partial charge in [-0.3, -0.25) is 4.79 Å². The Bertz CT molecular complexity index is 511. The molecule has 0 fully saturated rings. The monoisotopic (exact) mass is 257 g/mol. The molecule has 0 bridgehead atoms. The van der Waals surface area contributed by atoms with E-state index in [-0.39, 0.29) is 10.6 Å². The van der Waals surface area contributed by atoms with Gasteiger partial charge in [-0.15, -0.1) is 0 Å². The van der Waals surface area contributed by atoms with Crippen LogP contribution in [0.5, 0.6) is 0 Å². The number of benzene rings is 1. The Morgan fingerprint density at radius 2 is 1.94 bits per heavy atom. The first-order valence-corrected chi connectivity index (χ1v) is 6.46. The Labute approximate surface area is 100 Å². The second-order valence-electron chi connectivity index (χ2n) is 3.48. The Morgan fingerprint density at radius 3 is 2.47 bits per heavy atom. The van der Waals surface area contributed by atoms with Gasteiger partial charge in [-0.2, -0.15) is 0 Å². The maximum Gasteiger partial charge on any atom is 0.242 e. The van der Waals surface area contributed by atoms with Gasteiger partial charge in [0.15, 0.2) is 0 Å². The number of hydrogen-bond acceptors (Lipinski definition) is 4. The van der Waals surface area contributed by atoms with E-state index in [1.165, 1.54) is 26.1 Å². The van der Waals surface area contributed by atoms with Crippen molar-refractivity contribution in [3.05, 3.63) is 24.3 Å². The molecule has 0 aliphatic carbocycles. The summed E-state index contributed by atoms with van der Waals surface area (Å²) in [7, 11) is -2.30. The summed E-state index contributed by atoms with van der Waals surface area (Å²) in [5.41, 5.74) is 5.61. The van der Waals surface area contributed by atoms with E-state index in [1.54, 1.807) is 12.1 Å². The number of sulfonamides is 1. The first-order chi connectivity index (χ1) is 7.88. The van der Waals surface area contributed by atoms with Gasteiger partial charge < -0.3 is 11.1 Å².